The molecule has 2 rings (SSSR count). The minimum Gasteiger partial charge on any atom is -0.490 e. The Kier molecular flexibility index (Phi) is 8.14. The lowest BCUT2D eigenvalue weighted by Gasteiger charge is -2.14. The minimum atomic E-state index is -0.494. The minimum absolute atomic E-state index is 0.256. The molecule has 0 spiro atoms. The maximum atomic E-state index is 12.2. The van der Waals surface area contributed by atoms with Gasteiger partial charge in [0.25, 0.3) is 5.91 Å². The zero-order valence-electron chi connectivity index (χ0n) is 16.3. The van der Waals surface area contributed by atoms with Crippen molar-refractivity contribution in [3.63, 3.8) is 0 Å². The van der Waals surface area contributed by atoms with Crippen molar-refractivity contribution in [1.29, 1.82) is 0 Å². The van der Waals surface area contributed by atoms with Gasteiger partial charge in [-0.1, -0.05) is 12.1 Å². The second kappa shape index (κ2) is 10.8. The Labute approximate surface area is 164 Å². The quantitative estimate of drug-likeness (QED) is 0.626. The highest BCUT2D eigenvalue weighted by atomic mass is 16.5. The third kappa shape index (κ3) is 5.90. The zero-order valence-corrected chi connectivity index (χ0v) is 16.3. The predicted molar refractivity (Wildman–Crippen MR) is 105 cm³/mol. The summed E-state index contributed by atoms with van der Waals surface area (Å²) in [5.41, 5.74) is 0.830. The standard InChI is InChI=1S/C21H25NO6/c1-4-25-18-12-11-15(13-19(18)26-5-2)22-20(23)14-28-17-10-8-7-9-16(17)21(24)27-6-3/h7-13H,4-6,14H2,1-3H3,(H,22,23). The van der Waals surface area contributed by atoms with Crippen molar-refractivity contribution in [3.05, 3.63) is 48.0 Å². The van der Waals surface area contributed by atoms with Gasteiger partial charge in [-0.3, -0.25) is 4.79 Å². The average molecular weight is 387 g/mol. The van der Waals surface area contributed by atoms with Gasteiger partial charge < -0.3 is 24.3 Å². The van der Waals surface area contributed by atoms with Gasteiger partial charge in [0.1, 0.15) is 11.3 Å². The molecule has 0 aromatic heterocycles. The van der Waals surface area contributed by atoms with Crippen LogP contribution >= 0.6 is 0 Å². The summed E-state index contributed by atoms with van der Waals surface area (Å²) in [6.45, 7) is 6.47. The summed E-state index contributed by atoms with van der Waals surface area (Å²) < 4.78 is 21.6. The van der Waals surface area contributed by atoms with Gasteiger partial charge in [0.2, 0.25) is 0 Å². The Morgan fingerprint density at radius 1 is 0.821 bits per heavy atom. The first-order chi connectivity index (χ1) is 13.6. The molecule has 7 heteroatoms. The largest absolute Gasteiger partial charge is 0.490 e. The number of esters is 1. The summed E-state index contributed by atoms with van der Waals surface area (Å²) >= 11 is 0. The van der Waals surface area contributed by atoms with Crippen LogP contribution in [-0.2, 0) is 9.53 Å². The third-order valence-electron chi connectivity index (χ3n) is 3.57. The smallest absolute Gasteiger partial charge is 0.341 e. The monoisotopic (exact) mass is 387 g/mol. The van der Waals surface area contributed by atoms with Crippen molar-refractivity contribution in [2.75, 3.05) is 31.7 Å². The van der Waals surface area contributed by atoms with Gasteiger partial charge in [0, 0.05) is 11.8 Å². The van der Waals surface area contributed by atoms with Crippen molar-refractivity contribution < 1.29 is 28.5 Å². The molecule has 28 heavy (non-hydrogen) atoms. The van der Waals surface area contributed by atoms with E-state index in [2.05, 4.69) is 5.32 Å². The zero-order chi connectivity index (χ0) is 20.4. The number of hydrogen-bond acceptors (Lipinski definition) is 6. The van der Waals surface area contributed by atoms with E-state index in [0.29, 0.717) is 30.4 Å². The van der Waals surface area contributed by atoms with E-state index in [-0.39, 0.29) is 30.4 Å². The highest BCUT2D eigenvalue weighted by Crippen LogP contribution is 2.30. The van der Waals surface area contributed by atoms with E-state index in [0.717, 1.165) is 0 Å². The van der Waals surface area contributed by atoms with E-state index in [1.165, 1.54) is 0 Å². The SMILES string of the molecule is CCOC(=O)c1ccccc1OCC(=O)Nc1ccc(OCC)c(OCC)c1. The van der Waals surface area contributed by atoms with E-state index < -0.39 is 5.97 Å². The van der Waals surface area contributed by atoms with E-state index in [1.54, 1.807) is 49.4 Å². The fourth-order valence-electron chi connectivity index (χ4n) is 2.44. The Morgan fingerprint density at radius 3 is 2.25 bits per heavy atom. The van der Waals surface area contributed by atoms with Crippen molar-refractivity contribution in [1.82, 2.24) is 0 Å². The van der Waals surface area contributed by atoms with Crippen molar-refractivity contribution >= 4 is 17.6 Å². The molecule has 0 aliphatic heterocycles. The third-order valence-corrected chi connectivity index (χ3v) is 3.57. The number of benzene rings is 2. The summed E-state index contributed by atoms with van der Waals surface area (Å²) in [6, 6.07) is 11.8. The lowest BCUT2D eigenvalue weighted by Crippen LogP contribution is -2.21. The average Bonchev–Trinajstić information content (AvgIpc) is 2.69. The molecule has 0 radical (unpaired) electrons. The van der Waals surface area contributed by atoms with E-state index in [9.17, 15) is 9.59 Å². The number of carbonyl (C=O) groups excluding carboxylic acids is 2. The lowest BCUT2D eigenvalue weighted by molar-refractivity contribution is -0.118. The van der Waals surface area contributed by atoms with Gasteiger partial charge in [-0.15, -0.1) is 0 Å². The maximum Gasteiger partial charge on any atom is 0.341 e. The first-order valence-electron chi connectivity index (χ1n) is 9.17. The number of nitrogens with one attached hydrogen (secondary N) is 1. The number of carbonyl (C=O) groups is 2. The molecule has 1 amide bonds. The maximum absolute atomic E-state index is 12.2. The van der Waals surface area contributed by atoms with Gasteiger partial charge in [0.15, 0.2) is 18.1 Å². The summed E-state index contributed by atoms with van der Waals surface area (Å²) in [6.07, 6.45) is 0. The lowest BCUT2D eigenvalue weighted by atomic mass is 10.2. The number of ether oxygens (including phenoxy) is 4. The van der Waals surface area contributed by atoms with Crippen LogP contribution in [-0.4, -0.2) is 38.3 Å². The van der Waals surface area contributed by atoms with Crippen LogP contribution in [0.15, 0.2) is 42.5 Å². The van der Waals surface area contributed by atoms with Crippen LogP contribution < -0.4 is 19.5 Å². The molecular weight excluding hydrogens is 362 g/mol. The Morgan fingerprint density at radius 2 is 1.54 bits per heavy atom. The van der Waals surface area contributed by atoms with Crippen LogP contribution in [0.1, 0.15) is 31.1 Å². The van der Waals surface area contributed by atoms with E-state index in [4.69, 9.17) is 18.9 Å². The van der Waals surface area contributed by atoms with E-state index >= 15 is 0 Å². The van der Waals surface area contributed by atoms with Gasteiger partial charge in [-0.25, -0.2) is 4.79 Å². The Bertz CT molecular complexity index is 805. The molecule has 0 saturated heterocycles. The number of para-hydroxylation sites is 1. The molecule has 7 nitrogen and oxygen atoms in total. The molecule has 0 aliphatic rings. The topological polar surface area (TPSA) is 83.1 Å². The number of anilines is 1. The fourth-order valence-corrected chi connectivity index (χ4v) is 2.44. The van der Waals surface area contributed by atoms with Crippen LogP contribution in [0.5, 0.6) is 17.2 Å². The van der Waals surface area contributed by atoms with Gasteiger partial charge in [0.05, 0.1) is 19.8 Å². The Hall–Kier alpha value is -3.22. The van der Waals surface area contributed by atoms with Gasteiger partial charge in [-0.05, 0) is 45.0 Å². The molecule has 0 unspecified atom stereocenters. The molecule has 150 valence electrons. The Balaban J connectivity index is 2.01. The van der Waals surface area contributed by atoms with Crippen LogP contribution in [0.2, 0.25) is 0 Å². The summed E-state index contributed by atoms with van der Waals surface area (Å²) in [4.78, 5) is 24.2. The van der Waals surface area contributed by atoms with Crippen molar-refractivity contribution in [2.45, 2.75) is 20.8 Å². The normalized spacial score (nSPS) is 10.1. The molecule has 0 saturated carbocycles. The van der Waals surface area contributed by atoms with Crippen molar-refractivity contribution in [2.24, 2.45) is 0 Å². The fraction of sp³-hybridized carbons (Fsp3) is 0.333. The second-order valence-corrected chi connectivity index (χ2v) is 5.58. The van der Waals surface area contributed by atoms with Crippen LogP contribution in [0.3, 0.4) is 0 Å². The molecule has 2 aromatic carbocycles. The highest BCUT2D eigenvalue weighted by Gasteiger charge is 2.14. The number of hydrogen-bond donors (Lipinski definition) is 1. The molecule has 2 aromatic rings. The van der Waals surface area contributed by atoms with Crippen LogP contribution in [0.4, 0.5) is 5.69 Å². The number of rotatable bonds is 10. The second-order valence-electron chi connectivity index (χ2n) is 5.58. The van der Waals surface area contributed by atoms with Gasteiger partial charge >= 0.3 is 5.97 Å². The summed E-state index contributed by atoms with van der Waals surface area (Å²) in [5.74, 6) is 0.590. The van der Waals surface area contributed by atoms with Gasteiger partial charge in [-0.2, -0.15) is 0 Å². The molecular formula is C21H25NO6. The van der Waals surface area contributed by atoms with E-state index in [1.807, 2.05) is 13.8 Å². The molecule has 0 aliphatic carbocycles. The molecule has 0 heterocycles. The summed E-state index contributed by atoms with van der Waals surface area (Å²) in [7, 11) is 0. The predicted octanol–water partition coefficient (Wildman–Crippen LogP) is 3.68. The molecule has 0 atom stereocenters. The molecule has 1 N–H and O–H groups in total. The highest BCUT2D eigenvalue weighted by molar-refractivity contribution is 5.94. The molecule has 0 bridgehead atoms. The number of amides is 1. The first-order valence-corrected chi connectivity index (χ1v) is 9.17. The summed E-state index contributed by atoms with van der Waals surface area (Å²) in [5, 5.41) is 2.74. The molecule has 0 fully saturated rings. The van der Waals surface area contributed by atoms with Crippen LogP contribution in [0.25, 0.3) is 0 Å². The van der Waals surface area contributed by atoms with Crippen molar-refractivity contribution in [3.8, 4) is 17.2 Å². The van der Waals surface area contributed by atoms with Crippen LogP contribution in [0, 0.1) is 0 Å². The first kappa shape index (κ1) is 21.1.